The second-order valence-electron chi connectivity index (χ2n) is 4.09. The predicted molar refractivity (Wildman–Crippen MR) is 68.7 cm³/mol. The summed E-state index contributed by atoms with van der Waals surface area (Å²) < 4.78 is 0. The van der Waals surface area contributed by atoms with E-state index >= 15 is 0 Å². The summed E-state index contributed by atoms with van der Waals surface area (Å²) in [6.07, 6.45) is 2.89. The lowest BCUT2D eigenvalue weighted by atomic mass is 10.1. The second-order valence-corrected chi connectivity index (χ2v) is 5.01. The van der Waals surface area contributed by atoms with Crippen LogP contribution in [0.15, 0.2) is 17.6 Å². The zero-order chi connectivity index (χ0) is 11.5. The SMILES string of the molecule is Cc1ccsc1-c1cnc(C(C)CCN)[nH]1. The first kappa shape index (κ1) is 11.4. The zero-order valence-corrected chi connectivity index (χ0v) is 10.5. The van der Waals surface area contributed by atoms with E-state index in [1.165, 1.54) is 10.4 Å². The van der Waals surface area contributed by atoms with E-state index in [1.54, 1.807) is 11.3 Å². The summed E-state index contributed by atoms with van der Waals surface area (Å²) in [5, 5.41) is 2.11. The number of hydrogen-bond acceptors (Lipinski definition) is 3. The monoisotopic (exact) mass is 235 g/mol. The van der Waals surface area contributed by atoms with Crippen molar-refractivity contribution in [2.75, 3.05) is 6.54 Å². The molecule has 0 saturated carbocycles. The Morgan fingerprint density at radius 1 is 1.56 bits per heavy atom. The van der Waals surface area contributed by atoms with Crippen molar-refractivity contribution in [3.63, 3.8) is 0 Å². The molecule has 0 saturated heterocycles. The number of aromatic amines is 1. The van der Waals surface area contributed by atoms with Crippen molar-refractivity contribution in [3.8, 4) is 10.6 Å². The molecule has 0 aliphatic rings. The molecule has 0 aromatic carbocycles. The third kappa shape index (κ3) is 2.18. The lowest BCUT2D eigenvalue weighted by molar-refractivity contribution is 0.655. The number of nitrogens with zero attached hydrogens (tertiary/aromatic N) is 1. The molecule has 1 atom stereocenters. The Hall–Kier alpha value is -1.13. The molecule has 0 bridgehead atoms. The number of aromatic nitrogens is 2. The number of thiophene rings is 1. The number of nitrogens with one attached hydrogen (secondary N) is 1. The molecule has 2 aromatic heterocycles. The van der Waals surface area contributed by atoms with Crippen molar-refractivity contribution >= 4 is 11.3 Å². The van der Waals surface area contributed by atoms with E-state index in [4.69, 9.17) is 5.73 Å². The van der Waals surface area contributed by atoms with Gasteiger partial charge in [-0.2, -0.15) is 0 Å². The van der Waals surface area contributed by atoms with Crippen molar-refractivity contribution in [3.05, 3.63) is 29.0 Å². The fraction of sp³-hybridized carbons (Fsp3) is 0.417. The van der Waals surface area contributed by atoms with Gasteiger partial charge in [-0.3, -0.25) is 0 Å². The van der Waals surface area contributed by atoms with Crippen molar-refractivity contribution in [2.45, 2.75) is 26.2 Å². The molecule has 3 nitrogen and oxygen atoms in total. The van der Waals surface area contributed by atoms with Gasteiger partial charge in [0.25, 0.3) is 0 Å². The lowest BCUT2D eigenvalue weighted by Crippen LogP contribution is -2.05. The Morgan fingerprint density at radius 2 is 2.38 bits per heavy atom. The lowest BCUT2D eigenvalue weighted by Gasteiger charge is -2.05. The van der Waals surface area contributed by atoms with Crippen LogP contribution in [-0.4, -0.2) is 16.5 Å². The van der Waals surface area contributed by atoms with Crippen LogP contribution in [-0.2, 0) is 0 Å². The minimum Gasteiger partial charge on any atom is -0.341 e. The Kier molecular flexibility index (Phi) is 3.41. The standard InChI is InChI=1S/C12H17N3S/c1-8-4-6-16-11(8)10-7-14-12(15-10)9(2)3-5-13/h4,6-7,9H,3,5,13H2,1-2H3,(H,14,15). The maximum atomic E-state index is 5.55. The number of aryl methyl sites for hydroxylation is 1. The van der Waals surface area contributed by atoms with Gasteiger partial charge in [0.1, 0.15) is 5.82 Å². The molecule has 4 heteroatoms. The number of imidazole rings is 1. The van der Waals surface area contributed by atoms with Gasteiger partial charge < -0.3 is 10.7 Å². The number of hydrogen-bond donors (Lipinski definition) is 2. The molecule has 0 fully saturated rings. The molecule has 86 valence electrons. The van der Waals surface area contributed by atoms with Gasteiger partial charge in [-0.1, -0.05) is 6.92 Å². The molecular weight excluding hydrogens is 218 g/mol. The predicted octanol–water partition coefficient (Wildman–Crippen LogP) is 2.90. The molecule has 0 aliphatic heterocycles. The van der Waals surface area contributed by atoms with E-state index in [9.17, 15) is 0 Å². The van der Waals surface area contributed by atoms with Crippen molar-refractivity contribution in [1.29, 1.82) is 0 Å². The van der Waals surface area contributed by atoms with Gasteiger partial charge in [0.15, 0.2) is 0 Å². The van der Waals surface area contributed by atoms with Crippen LogP contribution < -0.4 is 5.73 Å². The minimum atomic E-state index is 0.402. The van der Waals surface area contributed by atoms with Gasteiger partial charge >= 0.3 is 0 Å². The van der Waals surface area contributed by atoms with Gasteiger partial charge in [0.05, 0.1) is 16.8 Å². The maximum absolute atomic E-state index is 5.55. The molecule has 1 unspecified atom stereocenters. The normalized spacial score (nSPS) is 12.9. The van der Waals surface area contributed by atoms with Crippen LogP contribution in [0.5, 0.6) is 0 Å². The van der Waals surface area contributed by atoms with Gasteiger partial charge in [-0.15, -0.1) is 11.3 Å². The third-order valence-corrected chi connectivity index (χ3v) is 3.82. The first-order valence-corrected chi connectivity index (χ1v) is 6.39. The second kappa shape index (κ2) is 4.80. The van der Waals surface area contributed by atoms with E-state index in [-0.39, 0.29) is 0 Å². The Labute approximate surface area is 99.7 Å². The van der Waals surface area contributed by atoms with Crippen LogP contribution in [0.2, 0.25) is 0 Å². The highest BCUT2D eigenvalue weighted by Gasteiger charge is 2.11. The molecule has 2 heterocycles. The van der Waals surface area contributed by atoms with Gasteiger partial charge in [0.2, 0.25) is 0 Å². The van der Waals surface area contributed by atoms with Crippen LogP contribution in [0.1, 0.15) is 30.7 Å². The fourth-order valence-corrected chi connectivity index (χ4v) is 2.63. The van der Waals surface area contributed by atoms with E-state index < -0.39 is 0 Å². The topological polar surface area (TPSA) is 54.7 Å². The van der Waals surface area contributed by atoms with Crippen LogP contribution >= 0.6 is 11.3 Å². The maximum Gasteiger partial charge on any atom is 0.109 e. The highest BCUT2D eigenvalue weighted by Crippen LogP contribution is 2.28. The number of rotatable bonds is 4. The van der Waals surface area contributed by atoms with Crippen LogP contribution in [0.4, 0.5) is 0 Å². The summed E-state index contributed by atoms with van der Waals surface area (Å²) in [6.45, 7) is 4.97. The Morgan fingerprint density at radius 3 is 3.00 bits per heavy atom. The molecule has 16 heavy (non-hydrogen) atoms. The van der Waals surface area contributed by atoms with Crippen LogP contribution in [0.25, 0.3) is 10.6 Å². The summed E-state index contributed by atoms with van der Waals surface area (Å²) in [5.41, 5.74) is 7.97. The van der Waals surface area contributed by atoms with E-state index in [2.05, 4.69) is 35.3 Å². The minimum absolute atomic E-state index is 0.402. The molecule has 2 rings (SSSR count). The average molecular weight is 235 g/mol. The summed E-state index contributed by atoms with van der Waals surface area (Å²) in [4.78, 5) is 9.09. The summed E-state index contributed by atoms with van der Waals surface area (Å²) >= 11 is 1.75. The van der Waals surface area contributed by atoms with Crippen LogP contribution in [0, 0.1) is 6.92 Å². The molecule has 2 aromatic rings. The molecule has 3 N–H and O–H groups in total. The summed E-state index contributed by atoms with van der Waals surface area (Å²) in [6, 6.07) is 2.13. The van der Waals surface area contributed by atoms with E-state index in [1.807, 2.05) is 6.20 Å². The molecule has 0 radical (unpaired) electrons. The van der Waals surface area contributed by atoms with Crippen LogP contribution in [0.3, 0.4) is 0 Å². The molecule has 0 amide bonds. The van der Waals surface area contributed by atoms with Gasteiger partial charge in [-0.25, -0.2) is 4.98 Å². The zero-order valence-electron chi connectivity index (χ0n) is 9.66. The average Bonchev–Trinajstić information content (AvgIpc) is 2.86. The fourth-order valence-electron chi connectivity index (χ4n) is 1.74. The summed E-state index contributed by atoms with van der Waals surface area (Å²) in [7, 11) is 0. The number of nitrogens with two attached hydrogens (primary N) is 1. The molecule has 0 aliphatic carbocycles. The van der Waals surface area contributed by atoms with E-state index in [0.717, 1.165) is 17.9 Å². The van der Waals surface area contributed by atoms with E-state index in [0.29, 0.717) is 12.5 Å². The Bertz CT molecular complexity index is 458. The third-order valence-electron chi connectivity index (χ3n) is 2.77. The van der Waals surface area contributed by atoms with Gasteiger partial charge in [0, 0.05) is 5.92 Å². The van der Waals surface area contributed by atoms with Crippen molar-refractivity contribution in [2.24, 2.45) is 5.73 Å². The molecule has 0 spiro atoms. The smallest absolute Gasteiger partial charge is 0.109 e. The molecular formula is C12H17N3S. The van der Waals surface area contributed by atoms with Gasteiger partial charge in [-0.05, 0) is 36.9 Å². The number of H-pyrrole nitrogens is 1. The highest BCUT2D eigenvalue weighted by atomic mass is 32.1. The van der Waals surface area contributed by atoms with Crippen molar-refractivity contribution in [1.82, 2.24) is 9.97 Å². The summed E-state index contributed by atoms with van der Waals surface area (Å²) in [5.74, 6) is 1.44. The quantitative estimate of drug-likeness (QED) is 0.856. The largest absolute Gasteiger partial charge is 0.341 e. The first-order chi connectivity index (χ1) is 7.72. The van der Waals surface area contributed by atoms with Crippen molar-refractivity contribution < 1.29 is 0 Å². The first-order valence-electron chi connectivity index (χ1n) is 5.51. The highest BCUT2D eigenvalue weighted by molar-refractivity contribution is 7.13. The Balaban J connectivity index is 2.23.